The maximum atomic E-state index is 14.2. The van der Waals surface area contributed by atoms with Crippen molar-refractivity contribution in [3.05, 3.63) is 29.3 Å². The van der Waals surface area contributed by atoms with Crippen molar-refractivity contribution in [2.45, 2.75) is 57.5 Å². The Bertz CT molecular complexity index is 498. The topological polar surface area (TPSA) is 24.1 Å². The Balaban J connectivity index is 1.80. The summed E-state index contributed by atoms with van der Waals surface area (Å²) in [5.41, 5.74) is 0.551. The van der Waals surface area contributed by atoms with Crippen LogP contribution in [0.4, 0.5) is 14.5 Å². The van der Waals surface area contributed by atoms with E-state index in [0.717, 1.165) is 25.8 Å². The fraction of sp³-hybridized carbons (Fsp3) is 0.647. The highest BCUT2D eigenvalue weighted by Gasteiger charge is 2.34. The normalized spacial score (nSPS) is 29.6. The summed E-state index contributed by atoms with van der Waals surface area (Å²) in [5.74, 6) is -0.457. The van der Waals surface area contributed by atoms with Crippen LogP contribution in [0.5, 0.6) is 0 Å². The number of nitrogens with one attached hydrogen (secondary N) is 2. The van der Waals surface area contributed by atoms with Crippen LogP contribution in [0.15, 0.2) is 12.1 Å². The zero-order chi connectivity index (χ0) is 14.8. The van der Waals surface area contributed by atoms with Gasteiger partial charge in [-0.25, -0.2) is 8.78 Å². The summed E-state index contributed by atoms with van der Waals surface area (Å²) in [5, 5.41) is 6.75. The fourth-order valence-electron chi connectivity index (χ4n) is 3.87. The molecule has 1 aromatic rings. The van der Waals surface area contributed by atoms with Gasteiger partial charge in [-0.05, 0) is 56.7 Å². The molecule has 2 nitrogen and oxygen atoms in total. The molecule has 21 heavy (non-hydrogen) atoms. The standard InChI is InChI=1S/C17H24F2N2/c1-11-8-9-13(18)17(16(11)19)21-15-6-3-2-5-12(15)14-7-4-10-20-14/h8-9,12,14-15,20-21H,2-7,10H2,1H3. The van der Waals surface area contributed by atoms with Gasteiger partial charge in [0.1, 0.15) is 11.5 Å². The lowest BCUT2D eigenvalue weighted by Crippen LogP contribution is -2.43. The Labute approximate surface area is 125 Å². The van der Waals surface area contributed by atoms with Crippen molar-refractivity contribution in [3.8, 4) is 0 Å². The predicted molar refractivity (Wildman–Crippen MR) is 81.5 cm³/mol. The van der Waals surface area contributed by atoms with Crippen LogP contribution in [0.2, 0.25) is 0 Å². The molecule has 3 atom stereocenters. The number of rotatable bonds is 3. The van der Waals surface area contributed by atoms with Crippen LogP contribution < -0.4 is 10.6 Å². The van der Waals surface area contributed by atoms with Crippen molar-refractivity contribution < 1.29 is 8.78 Å². The average molecular weight is 294 g/mol. The van der Waals surface area contributed by atoms with Gasteiger partial charge >= 0.3 is 0 Å². The van der Waals surface area contributed by atoms with Crippen molar-refractivity contribution >= 4 is 5.69 Å². The smallest absolute Gasteiger partial charge is 0.152 e. The summed E-state index contributed by atoms with van der Waals surface area (Å²) in [6, 6.07) is 3.51. The van der Waals surface area contributed by atoms with E-state index in [2.05, 4.69) is 10.6 Å². The Kier molecular flexibility index (Phi) is 4.43. The number of benzene rings is 1. The molecule has 1 saturated carbocycles. The molecule has 1 aromatic carbocycles. The molecule has 3 unspecified atom stereocenters. The van der Waals surface area contributed by atoms with E-state index in [-0.39, 0.29) is 11.7 Å². The Hall–Kier alpha value is -1.16. The van der Waals surface area contributed by atoms with E-state index in [1.54, 1.807) is 6.92 Å². The van der Waals surface area contributed by atoms with E-state index < -0.39 is 11.6 Å². The van der Waals surface area contributed by atoms with E-state index in [1.165, 1.54) is 31.4 Å². The minimum absolute atomic E-state index is 0.0601. The maximum absolute atomic E-state index is 14.2. The van der Waals surface area contributed by atoms with E-state index in [4.69, 9.17) is 0 Å². The van der Waals surface area contributed by atoms with Gasteiger partial charge in [-0.3, -0.25) is 0 Å². The van der Waals surface area contributed by atoms with E-state index >= 15 is 0 Å². The number of anilines is 1. The second-order valence-electron chi connectivity index (χ2n) is 6.46. The van der Waals surface area contributed by atoms with Crippen LogP contribution in [0.25, 0.3) is 0 Å². The van der Waals surface area contributed by atoms with Crippen LogP contribution in [0.1, 0.15) is 44.1 Å². The summed E-state index contributed by atoms with van der Waals surface area (Å²) in [7, 11) is 0. The third-order valence-corrected chi connectivity index (χ3v) is 5.05. The van der Waals surface area contributed by atoms with Crippen molar-refractivity contribution in [2.75, 3.05) is 11.9 Å². The molecule has 0 amide bonds. The molecule has 2 aliphatic rings. The third kappa shape index (κ3) is 3.05. The quantitative estimate of drug-likeness (QED) is 0.880. The second kappa shape index (κ2) is 6.30. The first-order valence-electron chi connectivity index (χ1n) is 8.11. The summed E-state index contributed by atoms with van der Waals surface area (Å²) < 4.78 is 28.2. The molecule has 0 spiro atoms. The van der Waals surface area contributed by atoms with Gasteiger partial charge in [0.05, 0.1) is 0 Å². The van der Waals surface area contributed by atoms with Gasteiger partial charge in [-0.1, -0.05) is 18.9 Å². The fourth-order valence-corrected chi connectivity index (χ4v) is 3.87. The Morgan fingerprint density at radius 2 is 1.90 bits per heavy atom. The summed E-state index contributed by atoms with van der Waals surface area (Å²) >= 11 is 0. The number of hydrogen-bond acceptors (Lipinski definition) is 2. The van der Waals surface area contributed by atoms with Crippen molar-refractivity contribution in [1.82, 2.24) is 5.32 Å². The summed E-state index contributed by atoms with van der Waals surface area (Å²) in [6.45, 7) is 2.75. The van der Waals surface area contributed by atoms with E-state index in [1.807, 2.05) is 0 Å². The highest BCUT2D eigenvalue weighted by atomic mass is 19.1. The molecule has 4 heteroatoms. The number of aryl methyl sites for hydroxylation is 1. The average Bonchev–Trinajstić information content (AvgIpc) is 3.02. The molecule has 2 N–H and O–H groups in total. The zero-order valence-corrected chi connectivity index (χ0v) is 12.6. The van der Waals surface area contributed by atoms with Crippen molar-refractivity contribution in [2.24, 2.45) is 5.92 Å². The molecule has 116 valence electrons. The number of hydrogen-bond donors (Lipinski definition) is 2. The lowest BCUT2D eigenvalue weighted by molar-refractivity contribution is 0.262. The summed E-state index contributed by atoms with van der Waals surface area (Å²) in [6.07, 6.45) is 6.89. The van der Waals surface area contributed by atoms with Crippen LogP contribution in [-0.4, -0.2) is 18.6 Å². The van der Waals surface area contributed by atoms with Gasteiger partial charge in [-0.2, -0.15) is 0 Å². The molecular formula is C17H24F2N2. The van der Waals surface area contributed by atoms with Crippen LogP contribution >= 0.6 is 0 Å². The molecule has 0 aromatic heterocycles. The highest BCUT2D eigenvalue weighted by Crippen LogP contribution is 2.34. The molecule has 1 saturated heterocycles. The van der Waals surface area contributed by atoms with E-state index in [9.17, 15) is 8.78 Å². The molecular weight excluding hydrogens is 270 g/mol. The SMILES string of the molecule is Cc1ccc(F)c(NC2CCCCC2C2CCCN2)c1F. The molecule has 3 rings (SSSR count). The first kappa shape index (κ1) is 14.8. The molecule has 1 aliphatic heterocycles. The first-order valence-corrected chi connectivity index (χ1v) is 8.11. The first-order chi connectivity index (χ1) is 10.2. The van der Waals surface area contributed by atoms with Gasteiger partial charge in [0.15, 0.2) is 5.82 Å². The van der Waals surface area contributed by atoms with Gasteiger partial charge < -0.3 is 10.6 Å². The molecule has 1 heterocycles. The molecule has 0 bridgehead atoms. The molecule has 2 fully saturated rings. The Morgan fingerprint density at radius 1 is 1.10 bits per heavy atom. The predicted octanol–water partition coefficient (Wildman–Crippen LogP) is 4.00. The minimum Gasteiger partial charge on any atom is -0.377 e. The van der Waals surface area contributed by atoms with Gasteiger partial charge in [0.2, 0.25) is 0 Å². The highest BCUT2D eigenvalue weighted by molar-refractivity contribution is 5.50. The Morgan fingerprint density at radius 3 is 2.67 bits per heavy atom. The summed E-state index contributed by atoms with van der Waals surface area (Å²) in [4.78, 5) is 0. The van der Waals surface area contributed by atoms with Gasteiger partial charge in [-0.15, -0.1) is 0 Å². The van der Waals surface area contributed by atoms with Crippen molar-refractivity contribution in [3.63, 3.8) is 0 Å². The van der Waals surface area contributed by atoms with Gasteiger partial charge in [0, 0.05) is 12.1 Å². The number of halogens is 2. The monoisotopic (exact) mass is 294 g/mol. The van der Waals surface area contributed by atoms with E-state index in [0.29, 0.717) is 17.5 Å². The van der Waals surface area contributed by atoms with Crippen molar-refractivity contribution in [1.29, 1.82) is 0 Å². The second-order valence-corrected chi connectivity index (χ2v) is 6.46. The van der Waals surface area contributed by atoms with Crippen LogP contribution in [-0.2, 0) is 0 Å². The van der Waals surface area contributed by atoms with Crippen LogP contribution in [0, 0.1) is 24.5 Å². The zero-order valence-electron chi connectivity index (χ0n) is 12.6. The molecule has 0 radical (unpaired) electrons. The third-order valence-electron chi connectivity index (χ3n) is 5.05. The molecule has 1 aliphatic carbocycles. The van der Waals surface area contributed by atoms with Gasteiger partial charge in [0.25, 0.3) is 0 Å². The van der Waals surface area contributed by atoms with Crippen LogP contribution in [0.3, 0.4) is 0 Å². The lowest BCUT2D eigenvalue weighted by Gasteiger charge is -2.37. The maximum Gasteiger partial charge on any atom is 0.152 e. The lowest BCUT2D eigenvalue weighted by atomic mass is 9.79. The largest absolute Gasteiger partial charge is 0.377 e. The minimum atomic E-state index is -0.484.